The molecule has 0 aromatic heterocycles. The first kappa shape index (κ1) is 16.5. The zero-order chi connectivity index (χ0) is 15.6. The van der Waals surface area contributed by atoms with Crippen molar-refractivity contribution >= 4 is 19.0 Å². The summed E-state index contributed by atoms with van der Waals surface area (Å²) in [5.74, 6) is 1.89. The third-order valence-electron chi connectivity index (χ3n) is 5.71. The Bertz CT molecular complexity index is 480. The van der Waals surface area contributed by atoms with Gasteiger partial charge in [0.1, 0.15) is 5.78 Å². The summed E-state index contributed by atoms with van der Waals surface area (Å²) in [7, 11) is -1.63. The molecule has 2 rings (SSSR count). The van der Waals surface area contributed by atoms with Crippen LogP contribution in [0.1, 0.15) is 40.0 Å². The maximum atomic E-state index is 12.7. The van der Waals surface area contributed by atoms with Crippen LogP contribution in [0.15, 0.2) is 30.3 Å². The number of rotatable bonds is 4. The molecular formula is C19H30OSi. The van der Waals surface area contributed by atoms with Crippen molar-refractivity contribution in [3.05, 3.63) is 30.3 Å². The SMILES string of the molecule is CC[C@@H](C)[C@@H]1C(=O)C[C@H](C)C[C@H]1[Si](C)(C)c1ccccc1. The number of hydrogen-bond donors (Lipinski definition) is 0. The summed E-state index contributed by atoms with van der Waals surface area (Å²) in [6, 6.07) is 11.0. The van der Waals surface area contributed by atoms with Crippen molar-refractivity contribution in [3.63, 3.8) is 0 Å². The third kappa shape index (κ3) is 3.31. The second-order valence-corrected chi connectivity index (χ2v) is 12.4. The first-order valence-corrected chi connectivity index (χ1v) is 11.5. The lowest BCUT2D eigenvalue weighted by Gasteiger charge is -2.45. The standard InChI is InChI=1S/C19H30OSi/c1-6-15(3)19-17(20)12-14(2)13-18(19)21(4,5)16-10-8-7-9-11-16/h7-11,14-15,18-19H,6,12-13H2,1-5H3/t14-,15+,18+,19+/m0/s1. The van der Waals surface area contributed by atoms with E-state index in [1.165, 1.54) is 11.6 Å². The van der Waals surface area contributed by atoms with Crippen molar-refractivity contribution in [1.82, 2.24) is 0 Å². The molecule has 1 saturated carbocycles. The molecule has 0 bridgehead atoms. The van der Waals surface area contributed by atoms with Gasteiger partial charge in [-0.05, 0) is 23.8 Å². The fraction of sp³-hybridized carbons (Fsp3) is 0.632. The summed E-state index contributed by atoms with van der Waals surface area (Å²) < 4.78 is 0. The molecule has 0 unspecified atom stereocenters. The number of hydrogen-bond acceptors (Lipinski definition) is 1. The second-order valence-electron chi connectivity index (χ2n) is 7.62. The Kier molecular flexibility index (Phi) is 5.08. The zero-order valence-electron chi connectivity index (χ0n) is 14.2. The summed E-state index contributed by atoms with van der Waals surface area (Å²) in [5, 5.41) is 1.50. The molecule has 1 aliphatic rings. The number of ketones is 1. The van der Waals surface area contributed by atoms with E-state index in [1.54, 1.807) is 0 Å². The van der Waals surface area contributed by atoms with Gasteiger partial charge in [-0.3, -0.25) is 4.79 Å². The molecular weight excluding hydrogens is 272 g/mol. The summed E-state index contributed by atoms with van der Waals surface area (Å²) in [6.07, 6.45) is 3.14. The van der Waals surface area contributed by atoms with Gasteiger partial charge in [0.15, 0.2) is 0 Å². The summed E-state index contributed by atoms with van der Waals surface area (Å²) in [5.41, 5.74) is 0.589. The highest BCUT2D eigenvalue weighted by Gasteiger charge is 2.46. The molecule has 1 nitrogen and oxygen atoms in total. The monoisotopic (exact) mass is 302 g/mol. The second kappa shape index (κ2) is 6.47. The molecule has 0 saturated heterocycles. The van der Waals surface area contributed by atoms with Crippen LogP contribution in [0.25, 0.3) is 0 Å². The van der Waals surface area contributed by atoms with Gasteiger partial charge < -0.3 is 0 Å². The Morgan fingerprint density at radius 2 is 1.86 bits per heavy atom. The molecule has 116 valence electrons. The lowest BCUT2D eigenvalue weighted by atomic mass is 9.74. The number of benzene rings is 1. The molecule has 0 amide bonds. The minimum absolute atomic E-state index is 0.285. The topological polar surface area (TPSA) is 17.1 Å². The lowest BCUT2D eigenvalue weighted by Crippen LogP contribution is -2.53. The van der Waals surface area contributed by atoms with E-state index in [1.807, 2.05) is 0 Å². The minimum Gasteiger partial charge on any atom is -0.299 e. The maximum Gasteiger partial charge on any atom is 0.136 e. The summed E-state index contributed by atoms with van der Waals surface area (Å²) in [6.45, 7) is 11.7. The van der Waals surface area contributed by atoms with Gasteiger partial charge in [-0.25, -0.2) is 0 Å². The number of carbonyl (C=O) groups is 1. The Hall–Kier alpha value is -0.893. The number of Topliss-reactive ketones (excluding diaryl/α,β-unsaturated/α-hetero) is 1. The maximum absolute atomic E-state index is 12.7. The average Bonchev–Trinajstić information content (AvgIpc) is 2.46. The molecule has 0 N–H and O–H groups in total. The van der Waals surface area contributed by atoms with Crippen molar-refractivity contribution < 1.29 is 4.79 Å². The first-order chi connectivity index (χ1) is 9.87. The van der Waals surface area contributed by atoms with Gasteiger partial charge in [0.05, 0.1) is 8.07 Å². The van der Waals surface area contributed by atoms with Gasteiger partial charge in [0.25, 0.3) is 0 Å². The van der Waals surface area contributed by atoms with Crippen LogP contribution in [0.4, 0.5) is 0 Å². The Labute approximate surface area is 131 Å². The van der Waals surface area contributed by atoms with Crippen LogP contribution in [0, 0.1) is 17.8 Å². The van der Waals surface area contributed by atoms with E-state index < -0.39 is 8.07 Å². The summed E-state index contributed by atoms with van der Waals surface area (Å²) >= 11 is 0. The highest BCUT2D eigenvalue weighted by atomic mass is 28.3. The van der Waals surface area contributed by atoms with Crippen LogP contribution in [0.3, 0.4) is 0 Å². The highest BCUT2D eigenvalue weighted by molar-refractivity contribution is 6.91. The molecule has 0 radical (unpaired) electrons. The van der Waals surface area contributed by atoms with Gasteiger partial charge in [0, 0.05) is 12.3 Å². The zero-order valence-corrected chi connectivity index (χ0v) is 15.2. The van der Waals surface area contributed by atoms with Crippen molar-refractivity contribution in [3.8, 4) is 0 Å². The van der Waals surface area contributed by atoms with Crippen molar-refractivity contribution in [2.24, 2.45) is 17.8 Å². The summed E-state index contributed by atoms with van der Waals surface area (Å²) in [4.78, 5) is 12.7. The molecule has 2 heteroatoms. The van der Waals surface area contributed by atoms with Crippen molar-refractivity contribution in [2.45, 2.75) is 58.7 Å². The van der Waals surface area contributed by atoms with Gasteiger partial charge in [-0.1, -0.05) is 75.8 Å². The fourth-order valence-electron chi connectivity index (χ4n) is 4.16. The van der Waals surface area contributed by atoms with Crippen LogP contribution < -0.4 is 5.19 Å². The number of carbonyl (C=O) groups excluding carboxylic acids is 1. The van der Waals surface area contributed by atoms with E-state index in [-0.39, 0.29) is 5.92 Å². The van der Waals surface area contributed by atoms with E-state index in [4.69, 9.17) is 0 Å². The quantitative estimate of drug-likeness (QED) is 0.741. The van der Waals surface area contributed by atoms with Crippen LogP contribution in [-0.2, 0) is 4.79 Å². The van der Waals surface area contributed by atoms with Crippen LogP contribution in [0.5, 0.6) is 0 Å². The van der Waals surface area contributed by atoms with Gasteiger partial charge >= 0.3 is 0 Å². The van der Waals surface area contributed by atoms with Gasteiger partial charge in [-0.2, -0.15) is 0 Å². The molecule has 1 aromatic rings. The minimum atomic E-state index is -1.63. The molecule has 1 aromatic carbocycles. The smallest absolute Gasteiger partial charge is 0.136 e. The van der Waals surface area contributed by atoms with Crippen molar-refractivity contribution in [1.29, 1.82) is 0 Å². The Balaban J connectivity index is 2.38. The van der Waals surface area contributed by atoms with E-state index in [0.29, 0.717) is 23.2 Å². The average molecular weight is 303 g/mol. The molecule has 1 fully saturated rings. The van der Waals surface area contributed by atoms with E-state index >= 15 is 0 Å². The van der Waals surface area contributed by atoms with Crippen molar-refractivity contribution in [2.75, 3.05) is 0 Å². The van der Waals surface area contributed by atoms with E-state index in [0.717, 1.165) is 12.8 Å². The molecule has 0 aliphatic heterocycles. The lowest BCUT2D eigenvalue weighted by molar-refractivity contribution is -0.127. The molecule has 4 atom stereocenters. The van der Waals surface area contributed by atoms with E-state index in [9.17, 15) is 4.79 Å². The van der Waals surface area contributed by atoms with Crippen LogP contribution >= 0.6 is 0 Å². The van der Waals surface area contributed by atoms with Gasteiger partial charge in [-0.15, -0.1) is 0 Å². The molecule has 21 heavy (non-hydrogen) atoms. The fourth-order valence-corrected chi connectivity index (χ4v) is 8.04. The van der Waals surface area contributed by atoms with E-state index in [2.05, 4.69) is 64.2 Å². The van der Waals surface area contributed by atoms with Crippen LogP contribution in [0.2, 0.25) is 18.6 Å². The largest absolute Gasteiger partial charge is 0.299 e. The molecule has 0 spiro atoms. The first-order valence-electron chi connectivity index (χ1n) is 8.46. The highest BCUT2D eigenvalue weighted by Crippen LogP contribution is 2.46. The third-order valence-corrected chi connectivity index (χ3v) is 9.98. The molecule has 1 aliphatic carbocycles. The van der Waals surface area contributed by atoms with Crippen LogP contribution in [-0.4, -0.2) is 13.9 Å². The normalized spacial score (nSPS) is 28.4. The van der Waals surface area contributed by atoms with Gasteiger partial charge in [0.2, 0.25) is 0 Å². The Morgan fingerprint density at radius 3 is 2.43 bits per heavy atom. The predicted molar refractivity (Wildman–Crippen MR) is 93.7 cm³/mol. The molecule has 0 heterocycles. The predicted octanol–water partition coefficient (Wildman–Crippen LogP) is 4.63. The Morgan fingerprint density at radius 1 is 1.24 bits per heavy atom.